The number of para-hydroxylation sites is 1. The van der Waals surface area contributed by atoms with Gasteiger partial charge in [0.15, 0.2) is 0 Å². The Balaban J connectivity index is 1.86. The summed E-state index contributed by atoms with van der Waals surface area (Å²) < 4.78 is 42.1. The average molecular weight is 466 g/mol. The molecule has 4 aromatic rings. The van der Waals surface area contributed by atoms with Crippen LogP contribution in [0.2, 0.25) is 0 Å². The third-order valence-corrected chi connectivity index (χ3v) is 5.70. The molecule has 34 heavy (non-hydrogen) atoms. The van der Waals surface area contributed by atoms with Crippen LogP contribution in [0.25, 0.3) is 22.5 Å². The van der Waals surface area contributed by atoms with Crippen molar-refractivity contribution >= 4 is 11.5 Å². The summed E-state index contributed by atoms with van der Waals surface area (Å²) in [6.45, 7) is 3.12. The molecule has 2 aromatic heterocycles. The van der Waals surface area contributed by atoms with Crippen molar-refractivity contribution in [2.45, 2.75) is 19.5 Å². The maximum atomic E-state index is 13.4. The van der Waals surface area contributed by atoms with E-state index in [1.165, 1.54) is 6.07 Å². The third-order valence-electron chi connectivity index (χ3n) is 5.70. The quantitative estimate of drug-likeness (QED) is 0.373. The Morgan fingerprint density at radius 1 is 0.971 bits per heavy atom. The number of hydrogen-bond acceptors (Lipinski definition) is 4. The van der Waals surface area contributed by atoms with E-state index < -0.39 is 11.7 Å². The molecule has 2 N–H and O–H groups in total. The van der Waals surface area contributed by atoms with Crippen LogP contribution in [0.15, 0.2) is 72.9 Å². The highest BCUT2D eigenvalue weighted by Gasteiger charge is 2.31. The second kappa shape index (κ2) is 9.69. The molecule has 5 nitrogen and oxygen atoms in total. The Morgan fingerprint density at radius 3 is 2.41 bits per heavy atom. The highest BCUT2D eigenvalue weighted by Crippen LogP contribution is 2.37. The second-order valence-corrected chi connectivity index (χ2v) is 7.88. The first-order valence-electron chi connectivity index (χ1n) is 11.1. The van der Waals surface area contributed by atoms with Crippen LogP contribution in [-0.4, -0.2) is 27.6 Å². The van der Waals surface area contributed by atoms with Crippen LogP contribution in [0.1, 0.15) is 18.3 Å². The van der Waals surface area contributed by atoms with Gasteiger partial charge in [-0.2, -0.15) is 13.2 Å². The fourth-order valence-corrected chi connectivity index (χ4v) is 4.07. The van der Waals surface area contributed by atoms with Gasteiger partial charge in [0.25, 0.3) is 0 Å². The zero-order valence-corrected chi connectivity index (χ0v) is 19.0. The Hall–Kier alpha value is -3.65. The van der Waals surface area contributed by atoms with E-state index in [0.717, 1.165) is 34.9 Å². The second-order valence-electron chi connectivity index (χ2n) is 7.88. The fourth-order valence-electron chi connectivity index (χ4n) is 4.07. The van der Waals surface area contributed by atoms with Crippen molar-refractivity contribution in [3.63, 3.8) is 0 Å². The van der Waals surface area contributed by atoms with E-state index in [1.54, 1.807) is 12.3 Å². The number of anilines is 2. The van der Waals surface area contributed by atoms with Crippen molar-refractivity contribution in [3.8, 4) is 22.5 Å². The first-order chi connectivity index (χ1) is 16.3. The maximum Gasteiger partial charge on any atom is 0.416 e. The fraction of sp³-hybridized carbons (Fsp3) is 0.231. The van der Waals surface area contributed by atoms with Crippen LogP contribution in [0.3, 0.4) is 0 Å². The number of hydrogen-bond donors (Lipinski definition) is 1. The molecule has 0 unspecified atom stereocenters. The Kier molecular flexibility index (Phi) is 6.70. The van der Waals surface area contributed by atoms with Crippen molar-refractivity contribution in [2.24, 2.45) is 12.8 Å². The molecule has 2 heterocycles. The van der Waals surface area contributed by atoms with Crippen molar-refractivity contribution in [1.29, 1.82) is 0 Å². The van der Waals surface area contributed by atoms with E-state index in [-0.39, 0.29) is 0 Å². The highest BCUT2D eigenvalue weighted by molar-refractivity contribution is 5.81. The summed E-state index contributed by atoms with van der Waals surface area (Å²) in [7, 11) is 1.86. The molecule has 2 aromatic carbocycles. The van der Waals surface area contributed by atoms with E-state index >= 15 is 0 Å². The first-order valence-corrected chi connectivity index (χ1v) is 11.1. The van der Waals surface area contributed by atoms with E-state index in [9.17, 15) is 13.2 Å². The van der Waals surface area contributed by atoms with Gasteiger partial charge in [-0.1, -0.05) is 30.3 Å². The van der Waals surface area contributed by atoms with Crippen molar-refractivity contribution in [2.75, 3.05) is 18.0 Å². The van der Waals surface area contributed by atoms with Crippen LogP contribution in [-0.2, 0) is 19.6 Å². The number of rotatable bonds is 7. The zero-order chi connectivity index (χ0) is 24.3. The molecular weight excluding hydrogens is 439 g/mol. The number of halogens is 3. The van der Waals surface area contributed by atoms with E-state index in [1.807, 2.05) is 61.0 Å². The van der Waals surface area contributed by atoms with Crippen LogP contribution in [0, 0.1) is 0 Å². The summed E-state index contributed by atoms with van der Waals surface area (Å²) in [5.74, 6) is 1.45. The van der Waals surface area contributed by atoms with Gasteiger partial charge in [-0.3, -0.25) is 0 Å². The van der Waals surface area contributed by atoms with Crippen LogP contribution < -0.4 is 10.6 Å². The largest absolute Gasteiger partial charge is 0.416 e. The molecule has 0 aliphatic carbocycles. The average Bonchev–Trinajstić information content (AvgIpc) is 3.16. The number of benzene rings is 2. The first kappa shape index (κ1) is 23.5. The molecule has 0 saturated carbocycles. The van der Waals surface area contributed by atoms with Crippen molar-refractivity contribution < 1.29 is 13.2 Å². The van der Waals surface area contributed by atoms with Gasteiger partial charge < -0.3 is 15.2 Å². The lowest BCUT2D eigenvalue weighted by Gasteiger charge is -2.22. The molecule has 0 saturated heterocycles. The van der Waals surface area contributed by atoms with Gasteiger partial charge in [-0.25, -0.2) is 9.97 Å². The van der Waals surface area contributed by atoms with E-state index in [4.69, 9.17) is 10.7 Å². The molecule has 0 amide bonds. The zero-order valence-electron chi connectivity index (χ0n) is 19.0. The SMILES string of the molecule is CCN(c1ccccc1)c1cc(-c2c(-c3cccc(C(F)(F)F)c3)nc(CCN)n2C)ccn1. The number of alkyl halides is 3. The summed E-state index contributed by atoms with van der Waals surface area (Å²) in [6.07, 6.45) is -2.22. The predicted molar refractivity (Wildman–Crippen MR) is 129 cm³/mol. The van der Waals surface area contributed by atoms with Crippen LogP contribution >= 0.6 is 0 Å². The highest BCUT2D eigenvalue weighted by atomic mass is 19.4. The smallest absolute Gasteiger partial charge is 0.331 e. The van der Waals surface area contributed by atoms with E-state index in [0.29, 0.717) is 36.6 Å². The minimum atomic E-state index is -4.44. The molecule has 176 valence electrons. The molecule has 0 fully saturated rings. The predicted octanol–water partition coefficient (Wildman–Crippen LogP) is 5.83. The van der Waals surface area contributed by atoms with Crippen molar-refractivity contribution in [1.82, 2.24) is 14.5 Å². The van der Waals surface area contributed by atoms with Crippen molar-refractivity contribution in [3.05, 3.63) is 84.3 Å². The summed E-state index contributed by atoms with van der Waals surface area (Å²) >= 11 is 0. The van der Waals surface area contributed by atoms with Gasteiger partial charge in [-0.05, 0) is 49.9 Å². The lowest BCUT2D eigenvalue weighted by molar-refractivity contribution is -0.137. The van der Waals surface area contributed by atoms with Crippen LogP contribution in [0.4, 0.5) is 24.7 Å². The molecule has 0 radical (unpaired) electrons. The minimum absolute atomic E-state index is 0.380. The Bertz CT molecular complexity index is 1270. The van der Waals surface area contributed by atoms with Gasteiger partial charge in [0, 0.05) is 43.0 Å². The van der Waals surface area contributed by atoms with Gasteiger partial charge in [-0.15, -0.1) is 0 Å². The summed E-state index contributed by atoms with van der Waals surface area (Å²) in [6, 6.07) is 19.0. The molecule has 8 heteroatoms. The number of imidazole rings is 1. The summed E-state index contributed by atoms with van der Waals surface area (Å²) in [5.41, 5.74) is 8.48. The van der Waals surface area contributed by atoms with Gasteiger partial charge in [0.2, 0.25) is 0 Å². The normalized spacial score (nSPS) is 11.6. The molecular formula is C26H26F3N5. The van der Waals surface area contributed by atoms with Gasteiger partial charge in [0.1, 0.15) is 11.6 Å². The lowest BCUT2D eigenvalue weighted by Crippen LogP contribution is -2.17. The maximum absolute atomic E-state index is 13.4. The number of pyridine rings is 1. The summed E-state index contributed by atoms with van der Waals surface area (Å²) in [5, 5.41) is 0. The monoisotopic (exact) mass is 465 g/mol. The number of aromatic nitrogens is 3. The summed E-state index contributed by atoms with van der Waals surface area (Å²) in [4.78, 5) is 11.3. The molecule has 4 rings (SSSR count). The lowest BCUT2D eigenvalue weighted by atomic mass is 10.0. The molecule has 0 spiro atoms. The molecule has 0 aliphatic heterocycles. The van der Waals surface area contributed by atoms with Gasteiger partial charge in [0.05, 0.1) is 17.0 Å². The number of nitrogens with two attached hydrogens (primary N) is 1. The molecule has 0 atom stereocenters. The minimum Gasteiger partial charge on any atom is -0.331 e. The van der Waals surface area contributed by atoms with Gasteiger partial charge >= 0.3 is 6.18 Å². The standard InChI is InChI=1S/C26H26F3N5/c1-3-34(21-10-5-4-6-11-21)23-17-19(13-15-31-23)25-24(32-22(12-14-30)33(25)2)18-8-7-9-20(16-18)26(27,28)29/h4-11,13,15-17H,3,12,14,30H2,1-2H3. The third kappa shape index (κ3) is 4.68. The Morgan fingerprint density at radius 2 is 1.74 bits per heavy atom. The molecule has 0 bridgehead atoms. The number of nitrogens with zero attached hydrogens (tertiary/aromatic N) is 4. The topological polar surface area (TPSA) is 60.0 Å². The Labute approximate surface area is 196 Å². The van der Waals surface area contributed by atoms with E-state index in [2.05, 4.69) is 9.88 Å². The molecule has 0 aliphatic rings. The van der Waals surface area contributed by atoms with Crippen LogP contribution in [0.5, 0.6) is 0 Å².